The average molecular weight is 471 g/mol. The largest absolute Gasteiger partial charge is 0.370 e. The molecule has 1 saturated heterocycles. The molecular weight excluding hydrogens is 445 g/mol. The van der Waals surface area contributed by atoms with Gasteiger partial charge in [0.25, 0.3) is 5.91 Å². The smallest absolute Gasteiger partial charge is 0.325 e. The molecule has 26 heavy (non-hydrogen) atoms. The van der Waals surface area contributed by atoms with Gasteiger partial charge in [0.2, 0.25) is 0 Å². The summed E-state index contributed by atoms with van der Waals surface area (Å²) in [6.07, 6.45) is 3.41. The van der Waals surface area contributed by atoms with Crippen molar-refractivity contribution in [1.29, 1.82) is 0 Å². The Bertz CT molecular complexity index is 728. The summed E-state index contributed by atoms with van der Waals surface area (Å²) in [7, 11) is 0. The van der Waals surface area contributed by atoms with Crippen molar-refractivity contribution < 1.29 is 9.59 Å². The molecule has 1 spiro atoms. The third-order valence-corrected chi connectivity index (χ3v) is 5.09. The topological polar surface area (TPSA) is 99.8 Å². The van der Waals surface area contributed by atoms with Crippen molar-refractivity contribution in [2.45, 2.75) is 45.1 Å². The fraction of sp³-hybridized carbons (Fsp3) is 0.500. The highest BCUT2D eigenvalue weighted by Crippen LogP contribution is 2.34. The first-order valence-corrected chi connectivity index (χ1v) is 8.70. The van der Waals surface area contributed by atoms with Crippen LogP contribution in [0.2, 0.25) is 0 Å². The van der Waals surface area contributed by atoms with Gasteiger partial charge < -0.3 is 16.4 Å². The SMILES string of the molecule is Cc1ccc(NC(N)=NCCN2C(=O)NC3(CCCC3)C2=O)cc1C.I. The van der Waals surface area contributed by atoms with Gasteiger partial charge in [0.05, 0.1) is 13.1 Å². The Morgan fingerprint density at radius 2 is 1.96 bits per heavy atom. The number of benzene rings is 1. The molecule has 0 radical (unpaired) electrons. The number of nitrogens with zero attached hydrogens (tertiary/aromatic N) is 2. The van der Waals surface area contributed by atoms with E-state index in [4.69, 9.17) is 5.73 Å². The van der Waals surface area contributed by atoms with E-state index < -0.39 is 5.54 Å². The lowest BCUT2D eigenvalue weighted by Gasteiger charge is -2.19. The standard InChI is InChI=1S/C18H25N5O2.HI/c1-12-5-6-14(11-13(12)2)21-16(19)20-9-10-23-15(24)18(22-17(23)25)7-3-4-8-18;/h5-6,11H,3-4,7-10H2,1-2H3,(H,22,25)(H3,19,20,21);1H. The number of anilines is 1. The number of amides is 3. The maximum absolute atomic E-state index is 12.5. The van der Waals surface area contributed by atoms with Gasteiger partial charge in [-0.2, -0.15) is 0 Å². The minimum absolute atomic E-state index is 0. The van der Waals surface area contributed by atoms with Crippen LogP contribution in [-0.4, -0.2) is 41.4 Å². The summed E-state index contributed by atoms with van der Waals surface area (Å²) in [5, 5.41) is 5.89. The Hall–Kier alpha value is -1.84. The van der Waals surface area contributed by atoms with E-state index in [2.05, 4.69) is 15.6 Å². The van der Waals surface area contributed by atoms with Gasteiger partial charge in [-0.3, -0.25) is 14.7 Å². The normalized spacial score (nSPS) is 18.8. The lowest BCUT2D eigenvalue weighted by Crippen LogP contribution is -2.44. The first kappa shape index (κ1) is 20.5. The second-order valence-electron chi connectivity index (χ2n) is 6.87. The van der Waals surface area contributed by atoms with Crippen LogP contribution in [0, 0.1) is 13.8 Å². The summed E-state index contributed by atoms with van der Waals surface area (Å²) < 4.78 is 0. The number of nitrogens with one attached hydrogen (secondary N) is 2. The zero-order valence-corrected chi connectivity index (χ0v) is 17.5. The molecule has 2 aliphatic rings. The van der Waals surface area contributed by atoms with Crippen LogP contribution in [0.3, 0.4) is 0 Å². The van der Waals surface area contributed by atoms with Gasteiger partial charge in [-0.15, -0.1) is 24.0 Å². The summed E-state index contributed by atoms with van der Waals surface area (Å²) in [6, 6.07) is 5.63. The van der Waals surface area contributed by atoms with Crippen LogP contribution in [0.5, 0.6) is 0 Å². The molecule has 3 amide bonds. The van der Waals surface area contributed by atoms with Gasteiger partial charge in [0.1, 0.15) is 5.54 Å². The predicted molar refractivity (Wildman–Crippen MR) is 113 cm³/mol. The van der Waals surface area contributed by atoms with E-state index in [0.29, 0.717) is 0 Å². The van der Waals surface area contributed by atoms with E-state index >= 15 is 0 Å². The summed E-state index contributed by atoms with van der Waals surface area (Å²) in [4.78, 5) is 30.1. The molecule has 4 N–H and O–H groups in total. The molecule has 1 aliphatic heterocycles. The van der Waals surface area contributed by atoms with Crippen LogP contribution in [0.4, 0.5) is 10.5 Å². The van der Waals surface area contributed by atoms with Crippen molar-refractivity contribution in [3.63, 3.8) is 0 Å². The van der Waals surface area contributed by atoms with E-state index in [-0.39, 0.29) is 55.0 Å². The van der Waals surface area contributed by atoms with Crippen molar-refractivity contribution in [3.05, 3.63) is 29.3 Å². The molecule has 1 saturated carbocycles. The number of imide groups is 1. The molecule has 0 atom stereocenters. The van der Waals surface area contributed by atoms with Crippen LogP contribution in [-0.2, 0) is 4.79 Å². The number of aryl methyl sites for hydroxylation is 2. The van der Waals surface area contributed by atoms with E-state index in [1.807, 2.05) is 32.0 Å². The molecule has 1 aliphatic carbocycles. The Labute approximate surface area is 170 Å². The number of aliphatic imine (C=N–C) groups is 1. The molecule has 7 nitrogen and oxygen atoms in total. The number of carbonyl (C=O) groups is 2. The van der Waals surface area contributed by atoms with Crippen molar-refractivity contribution in [3.8, 4) is 0 Å². The molecule has 3 rings (SSSR count). The number of halogens is 1. The molecule has 1 aromatic rings. The van der Waals surface area contributed by atoms with E-state index in [0.717, 1.165) is 31.4 Å². The number of urea groups is 1. The minimum atomic E-state index is -0.663. The van der Waals surface area contributed by atoms with Crippen LogP contribution >= 0.6 is 24.0 Å². The average Bonchev–Trinajstić information content (AvgIpc) is 3.12. The minimum Gasteiger partial charge on any atom is -0.370 e. The number of rotatable bonds is 4. The van der Waals surface area contributed by atoms with Gasteiger partial charge in [-0.1, -0.05) is 18.9 Å². The fourth-order valence-electron chi connectivity index (χ4n) is 3.47. The maximum Gasteiger partial charge on any atom is 0.325 e. The lowest BCUT2D eigenvalue weighted by molar-refractivity contribution is -0.131. The van der Waals surface area contributed by atoms with E-state index in [1.165, 1.54) is 16.0 Å². The van der Waals surface area contributed by atoms with Gasteiger partial charge in [0.15, 0.2) is 5.96 Å². The fourth-order valence-corrected chi connectivity index (χ4v) is 3.47. The summed E-state index contributed by atoms with van der Waals surface area (Å²) >= 11 is 0. The quantitative estimate of drug-likeness (QED) is 0.272. The van der Waals surface area contributed by atoms with Crippen LogP contribution < -0.4 is 16.4 Å². The van der Waals surface area contributed by atoms with Crippen LogP contribution in [0.25, 0.3) is 0 Å². The molecule has 8 heteroatoms. The summed E-state index contributed by atoms with van der Waals surface area (Å²) in [5.41, 5.74) is 8.48. The van der Waals surface area contributed by atoms with Gasteiger partial charge >= 0.3 is 6.03 Å². The van der Waals surface area contributed by atoms with E-state index in [1.54, 1.807) is 0 Å². The third-order valence-electron chi connectivity index (χ3n) is 5.09. The summed E-state index contributed by atoms with van der Waals surface area (Å²) in [5.74, 6) is 0.150. The number of hydrogen-bond acceptors (Lipinski definition) is 3. The second kappa shape index (κ2) is 8.24. The molecule has 142 valence electrons. The van der Waals surface area contributed by atoms with Gasteiger partial charge in [-0.05, 0) is 49.9 Å². The monoisotopic (exact) mass is 471 g/mol. The van der Waals surface area contributed by atoms with Crippen LogP contribution in [0.15, 0.2) is 23.2 Å². The molecule has 1 aromatic carbocycles. The van der Waals surface area contributed by atoms with Crippen LogP contribution in [0.1, 0.15) is 36.8 Å². The molecule has 1 heterocycles. The number of nitrogens with two attached hydrogens (primary N) is 1. The van der Waals surface area contributed by atoms with Crippen molar-refractivity contribution in [1.82, 2.24) is 10.2 Å². The van der Waals surface area contributed by atoms with Crippen molar-refractivity contribution >= 4 is 47.6 Å². The third kappa shape index (κ3) is 4.11. The number of hydrogen-bond donors (Lipinski definition) is 3. The molecule has 0 aromatic heterocycles. The summed E-state index contributed by atoms with van der Waals surface area (Å²) in [6.45, 7) is 4.59. The second-order valence-corrected chi connectivity index (χ2v) is 6.87. The zero-order valence-electron chi connectivity index (χ0n) is 15.2. The lowest BCUT2D eigenvalue weighted by atomic mass is 9.98. The van der Waals surface area contributed by atoms with Crippen molar-refractivity contribution in [2.24, 2.45) is 10.7 Å². The predicted octanol–water partition coefficient (Wildman–Crippen LogP) is 2.51. The number of carbonyl (C=O) groups excluding carboxylic acids is 2. The zero-order chi connectivity index (χ0) is 18.0. The van der Waals surface area contributed by atoms with E-state index in [9.17, 15) is 9.59 Å². The van der Waals surface area contributed by atoms with Gasteiger partial charge in [0, 0.05) is 5.69 Å². The Balaban J connectivity index is 0.00000243. The maximum atomic E-state index is 12.5. The van der Waals surface area contributed by atoms with Crippen molar-refractivity contribution in [2.75, 3.05) is 18.4 Å². The highest BCUT2D eigenvalue weighted by molar-refractivity contribution is 14.0. The molecular formula is C18H26IN5O2. The molecule has 2 fully saturated rings. The van der Waals surface area contributed by atoms with Gasteiger partial charge in [-0.25, -0.2) is 4.79 Å². The Morgan fingerprint density at radius 1 is 1.27 bits per heavy atom. The Kier molecular flexibility index (Phi) is 6.48. The first-order chi connectivity index (χ1) is 11.9. The highest BCUT2D eigenvalue weighted by Gasteiger charge is 2.52. The number of guanidine groups is 1. The Morgan fingerprint density at radius 3 is 2.62 bits per heavy atom. The first-order valence-electron chi connectivity index (χ1n) is 8.70. The highest BCUT2D eigenvalue weighted by atomic mass is 127. The molecule has 0 bridgehead atoms. The molecule has 0 unspecified atom stereocenters.